The zero-order chi connectivity index (χ0) is 36.9. The summed E-state index contributed by atoms with van der Waals surface area (Å²) in [4.78, 5) is 0. The molecule has 0 amide bonds. The maximum atomic E-state index is 3.54. The smallest absolute Gasteiger partial charge is 0.0203 e. The molecule has 0 spiro atoms. The Morgan fingerprint density at radius 2 is 0.460 bits per heavy atom. The number of benzene rings is 5. The first-order chi connectivity index (χ1) is 23.2. The molecule has 0 saturated carbocycles. The van der Waals surface area contributed by atoms with E-state index in [0.29, 0.717) is 0 Å². The Hall–Kier alpha value is -3.04. The Morgan fingerprint density at radius 3 is 0.640 bits per heavy atom. The van der Waals surface area contributed by atoms with E-state index < -0.39 is 0 Å². The van der Waals surface area contributed by atoms with E-state index in [9.17, 15) is 0 Å². The van der Waals surface area contributed by atoms with Crippen LogP contribution in [0.4, 0.5) is 0 Å². The monoisotopic (exact) mass is 698 g/mol. The average molecular weight is 699 g/mol. The molecule has 0 aliphatic heterocycles. The summed E-state index contributed by atoms with van der Waals surface area (Å²) >= 11 is 0. The molecular formula is C48H60P2. The van der Waals surface area contributed by atoms with E-state index in [1.807, 2.05) is 0 Å². The minimum absolute atomic E-state index is 0.147. The first-order valence-corrected chi connectivity index (χ1v) is 19.4. The van der Waals surface area contributed by atoms with Crippen molar-refractivity contribution in [1.29, 1.82) is 0 Å². The molecule has 262 valence electrons. The van der Waals surface area contributed by atoms with Crippen LogP contribution in [0.15, 0.2) is 121 Å². The second-order valence-electron chi connectivity index (χ2n) is 18.3. The lowest BCUT2D eigenvalue weighted by atomic mass is 9.53. The molecule has 0 radical (unpaired) electrons. The molecule has 50 heavy (non-hydrogen) atoms. The van der Waals surface area contributed by atoms with Gasteiger partial charge in [-0.15, -0.1) is 18.5 Å². The van der Waals surface area contributed by atoms with E-state index in [0.717, 1.165) is 0 Å². The molecular weight excluding hydrogens is 638 g/mol. The van der Waals surface area contributed by atoms with Crippen LogP contribution in [0.25, 0.3) is 44.5 Å². The molecule has 2 heteroatoms. The SMILES string of the molecule is CC(C)(C)C(P)(c1c(-c2ccccc2)c(-c2ccccc2)c(-c2ccccc2)c(-c2ccccc2)c1C(P)(C(C)(C)C)C(C)(C)C)C(C)(C)C. The van der Waals surface area contributed by atoms with Crippen LogP contribution in [0, 0.1) is 21.7 Å². The highest BCUT2D eigenvalue weighted by molar-refractivity contribution is 7.19. The van der Waals surface area contributed by atoms with Crippen LogP contribution in [-0.4, -0.2) is 0 Å². The van der Waals surface area contributed by atoms with E-state index in [4.69, 9.17) is 0 Å². The molecule has 0 bridgehead atoms. The van der Waals surface area contributed by atoms with Gasteiger partial charge in [0.1, 0.15) is 0 Å². The van der Waals surface area contributed by atoms with Crippen LogP contribution in [0.1, 0.15) is 94.2 Å². The fraction of sp³-hybridized carbons (Fsp3) is 0.375. The van der Waals surface area contributed by atoms with Gasteiger partial charge in [-0.3, -0.25) is 0 Å². The summed E-state index contributed by atoms with van der Waals surface area (Å²) in [6.07, 6.45) is 0. The van der Waals surface area contributed by atoms with Gasteiger partial charge >= 0.3 is 0 Å². The van der Waals surface area contributed by atoms with E-state index >= 15 is 0 Å². The van der Waals surface area contributed by atoms with Crippen molar-refractivity contribution in [3.05, 3.63) is 132 Å². The van der Waals surface area contributed by atoms with Gasteiger partial charge in [-0.05, 0) is 77.3 Å². The lowest BCUT2D eigenvalue weighted by Crippen LogP contribution is -2.51. The summed E-state index contributed by atoms with van der Waals surface area (Å²) in [6, 6.07) is 44.8. The highest BCUT2D eigenvalue weighted by Crippen LogP contribution is 2.70. The summed E-state index contributed by atoms with van der Waals surface area (Å²) in [5, 5.41) is -0.748. The second-order valence-corrected chi connectivity index (χ2v) is 20.1. The molecule has 0 heterocycles. The molecule has 5 aromatic rings. The van der Waals surface area contributed by atoms with Crippen molar-refractivity contribution in [1.82, 2.24) is 0 Å². The molecule has 0 aliphatic rings. The van der Waals surface area contributed by atoms with Gasteiger partial charge in [0.25, 0.3) is 0 Å². The number of rotatable bonds is 6. The minimum Gasteiger partial charge on any atom is -0.125 e. The molecule has 0 N–H and O–H groups in total. The van der Waals surface area contributed by atoms with Gasteiger partial charge in [0.15, 0.2) is 0 Å². The topological polar surface area (TPSA) is 0 Å². The predicted molar refractivity (Wildman–Crippen MR) is 229 cm³/mol. The molecule has 5 aromatic carbocycles. The average Bonchev–Trinajstić information content (AvgIpc) is 3.05. The lowest BCUT2D eigenvalue weighted by Gasteiger charge is -2.59. The van der Waals surface area contributed by atoms with Crippen molar-refractivity contribution in [2.45, 2.75) is 93.4 Å². The Morgan fingerprint density at radius 1 is 0.280 bits per heavy atom. The lowest BCUT2D eigenvalue weighted by molar-refractivity contribution is 0.119. The zero-order valence-electron chi connectivity index (χ0n) is 32.7. The third-order valence-corrected chi connectivity index (χ3v) is 15.3. The van der Waals surface area contributed by atoms with E-state index in [1.165, 1.54) is 55.6 Å². The Kier molecular flexibility index (Phi) is 10.3. The maximum Gasteiger partial charge on any atom is 0.0203 e. The first-order valence-electron chi connectivity index (χ1n) is 18.2. The van der Waals surface area contributed by atoms with Crippen molar-refractivity contribution < 1.29 is 0 Å². The van der Waals surface area contributed by atoms with Crippen molar-refractivity contribution in [3.8, 4) is 44.5 Å². The van der Waals surface area contributed by atoms with Crippen LogP contribution >= 0.6 is 18.5 Å². The van der Waals surface area contributed by atoms with E-state index in [2.05, 4.69) is 223 Å². The van der Waals surface area contributed by atoms with Gasteiger partial charge in [0.2, 0.25) is 0 Å². The zero-order valence-corrected chi connectivity index (χ0v) is 35.0. The van der Waals surface area contributed by atoms with Crippen LogP contribution in [-0.2, 0) is 10.3 Å². The van der Waals surface area contributed by atoms with Crippen LogP contribution < -0.4 is 0 Å². The molecule has 5 rings (SSSR count). The fourth-order valence-corrected chi connectivity index (χ4v) is 9.44. The maximum absolute atomic E-state index is 3.54. The van der Waals surface area contributed by atoms with Gasteiger partial charge in [-0.25, -0.2) is 0 Å². The fourth-order valence-electron chi connectivity index (χ4n) is 8.86. The standard InChI is InChI=1S/C48H60P2/c1-43(2,3)47(49,44(4,5)6)41-39(35-29-21-15-22-30-35)37(33-25-17-13-18-26-33)38(34-27-19-14-20-28-34)40(36-31-23-16-24-32-36)42(41)48(50,45(7,8)9)46(10,11)12/h13-32H,49-50H2,1-12H3. The summed E-state index contributed by atoms with van der Waals surface area (Å²) in [5.41, 5.74) is 12.4. The highest BCUT2D eigenvalue weighted by atomic mass is 31.0. The van der Waals surface area contributed by atoms with Crippen molar-refractivity contribution in [2.24, 2.45) is 21.7 Å². The molecule has 0 aromatic heterocycles. The molecule has 0 aliphatic carbocycles. The third kappa shape index (κ3) is 6.35. The van der Waals surface area contributed by atoms with E-state index in [-0.39, 0.29) is 32.0 Å². The molecule has 0 saturated heterocycles. The van der Waals surface area contributed by atoms with Crippen LogP contribution in [0.5, 0.6) is 0 Å². The van der Waals surface area contributed by atoms with Crippen molar-refractivity contribution >= 4 is 18.5 Å². The van der Waals surface area contributed by atoms with Gasteiger partial charge in [-0.1, -0.05) is 204 Å². The van der Waals surface area contributed by atoms with Crippen molar-refractivity contribution in [3.63, 3.8) is 0 Å². The number of hydrogen-bond acceptors (Lipinski definition) is 0. The number of hydrogen-bond donors (Lipinski definition) is 0. The Labute approximate surface area is 309 Å². The summed E-state index contributed by atoms with van der Waals surface area (Å²) in [5.74, 6) is 0. The van der Waals surface area contributed by atoms with E-state index in [1.54, 1.807) is 0 Å². The molecule has 2 atom stereocenters. The molecule has 2 unspecified atom stereocenters. The van der Waals surface area contributed by atoms with Gasteiger partial charge < -0.3 is 0 Å². The van der Waals surface area contributed by atoms with Crippen molar-refractivity contribution in [2.75, 3.05) is 0 Å². The third-order valence-electron chi connectivity index (χ3n) is 11.3. The van der Waals surface area contributed by atoms with Gasteiger partial charge in [0, 0.05) is 10.3 Å². The highest BCUT2D eigenvalue weighted by Gasteiger charge is 2.57. The van der Waals surface area contributed by atoms with Gasteiger partial charge in [-0.2, -0.15) is 0 Å². The van der Waals surface area contributed by atoms with Crippen LogP contribution in [0.3, 0.4) is 0 Å². The predicted octanol–water partition coefficient (Wildman–Crippen LogP) is 14.7. The first kappa shape index (κ1) is 38.2. The Balaban J connectivity index is 2.37. The minimum atomic E-state index is -0.374. The summed E-state index contributed by atoms with van der Waals surface area (Å²) in [6.45, 7) is 29.3. The summed E-state index contributed by atoms with van der Waals surface area (Å²) < 4.78 is 0. The molecule has 0 fully saturated rings. The van der Waals surface area contributed by atoms with Crippen LogP contribution in [0.2, 0.25) is 0 Å². The second kappa shape index (κ2) is 13.5. The quantitative estimate of drug-likeness (QED) is 0.155. The van der Waals surface area contributed by atoms with Gasteiger partial charge in [0.05, 0.1) is 0 Å². The Bertz CT molecular complexity index is 1740. The largest absolute Gasteiger partial charge is 0.125 e. The molecule has 0 nitrogen and oxygen atoms in total. The normalized spacial score (nSPS) is 13.4. The summed E-state index contributed by atoms with van der Waals surface area (Å²) in [7, 11) is 7.07.